The molecule has 1 aromatic heterocycles. The van der Waals surface area contributed by atoms with Gasteiger partial charge in [0, 0.05) is 44.3 Å². The summed E-state index contributed by atoms with van der Waals surface area (Å²) in [5.74, 6) is 0.396. The molecule has 1 atom stereocenters. The highest BCUT2D eigenvalue weighted by atomic mass is 16.5. The van der Waals surface area contributed by atoms with Gasteiger partial charge in [0.05, 0.1) is 18.1 Å². The molecule has 27 heavy (non-hydrogen) atoms. The minimum Gasteiger partial charge on any atom is -0.376 e. The van der Waals surface area contributed by atoms with Gasteiger partial charge in [0.2, 0.25) is 0 Å². The summed E-state index contributed by atoms with van der Waals surface area (Å²) in [4.78, 5) is 31.0. The van der Waals surface area contributed by atoms with E-state index in [-0.39, 0.29) is 23.1 Å². The van der Waals surface area contributed by atoms with Crippen LogP contribution in [-0.4, -0.2) is 52.8 Å². The average molecular weight is 377 g/mol. The summed E-state index contributed by atoms with van der Waals surface area (Å²) in [5, 5.41) is 2.99. The zero-order valence-corrected chi connectivity index (χ0v) is 16.7. The number of nitrogens with one attached hydrogen (secondary N) is 1. The van der Waals surface area contributed by atoms with Crippen LogP contribution in [0.1, 0.15) is 52.1 Å². The Labute approximate surface area is 161 Å². The number of rotatable bonds is 4. The van der Waals surface area contributed by atoms with Crippen LogP contribution in [-0.2, 0) is 16.7 Å². The number of hydrogen-bond acceptors (Lipinski definition) is 4. The maximum absolute atomic E-state index is 12.4. The standard InChI is InChI=1S/C20H32N4O3/c1-20(2,3)17-11-18(25)24(14-22-17)13-15-6-8-23(9-7-15)19(26)21-12-16-5-4-10-27-16/h11,14-16H,4-10,12-13H2,1-3H3,(H,21,26). The first kappa shape index (κ1) is 19.9. The van der Waals surface area contributed by atoms with Gasteiger partial charge < -0.3 is 15.0 Å². The topological polar surface area (TPSA) is 76.5 Å². The van der Waals surface area contributed by atoms with Crippen LogP contribution in [0.25, 0.3) is 0 Å². The van der Waals surface area contributed by atoms with Crippen molar-refractivity contribution in [3.05, 3.63) is 28.4 Å². The van der Waals surface area contributed by atoms with E-state index in [0.717, 1.165) is 51.1 Å². The van der Waals surface area contributed by atoms with Crippen LogP contribution in [0, 0.1) is 5.92 Å². The fraction of sp³-hybridized carbons (Fsp3) is 0.750. The lowest BCUT2D eigenvalue weighted by molar-refractivity contribution is 0.107. The Bertz CT molecular complexity index is 696. The smallest absolute Gasteiger partial charge is 0.317 e. The maximum Gasteiger partial charge on any atom is 0.317 e. The summed E-state index contributed by atoms with van der Waals surface area (Å²) in [6.07, 6.45) is 5.75. The fourth-order valence-electron chi connectivity index (χ4n) is 3.69. The number of hydrogen-bond donors (Lipinski definition) is 1. The Morgan fingerprint density at radius 1 is 1.30 bits per heavy atom. The highest BCUT2D eigenvalue weighted by Gasteiger charge is 2.25. The van der Waals surface area contributed by atoms with Crippen molar-refractivity contribution < 1.29 is 9.53 Å². The molecule has 0 saturated carbocycles. The van der Waals surface area contributed by atoms with E-state index in [1.807, 2.05) is 4.90 Å². The zero-order valence-electron chi connectivity index (χ0n) is 16.7. The van der Waals surface area contributed by atoms with Gasteiger partial charge >= 0.3 is 6.03 Å². The summed E-state index contributed by atoms with van der Waals surface area (Å²) >= 11 is 0. The van der Waals surface area contributed by atoms with Crippen LogP contribution < -0.4 is 10.9 Å². The molecule has 0 aromatic carbocycles. The van der Waals surface area contributed by atoms with Gasteiger partial charge in [-0.15, -0.1) is 0 Å². The summed E-state index contributed by atoms with van der Waals surface area (Å²) in [7, 11) is 0. The predicted octanol–water partition coefficient (Wildman–Crippen LogP) is 2.14. The first-order chi connectivity index (χ1) is 12.8. The first-order valence-electron chi connectivity index (χ1n) is 10.0. The number of carbonyl (C=O) groups excluding carboxylic acids is 1. The predicted molar refractivity (Wildman–Crippen MR) is 104 cm³/mol. The summed E-state index contributed by atoms with van der Waals surface area (Å²) in [5.41, 5.74) is 0.702. The van der Waals surface area contributed by atoms with Gasteiger partial charge in [-0.05, 0) is 31.6 Å². The molecule has 2 saturated heterocycles. The highest BCUT2D eigenvalue weighted by Crippen LogP contribution is 2.20. The van der Waals surface area contributed by atoms with Gasteiger partial charge in [-0.1, -0.05) is 20.8 Å². The molecule has 7 heteroatoms. The zero-order chi connectivity index (χ0) is 19.4. The Hall–Kier alpha value is -1.89. The molecule has 2 amide bonds. The van der Waals surface area contributed by atoms with Gasteiger partial charge in [0.25, 0.3) is 5.56 Å². The van der Waals surface area contributed by atoms with Crippen LogP contribution in [0.4, 0.5) is 4.79 Å². The Morgan fingerprint density at radius 2 is 2.04 bits per heavy atom. The minimum absolute atomic E-state index is 0.00249. The number of urea groups is 1. The fourth-order valence-corrected chi connectivity index (χ4v) is 3.69. The number of ether oxygens (including phenoxy) is 1. The lowest BCUT2D eigenvalue weighted by Crippen LogP contribution is -2.46. The second-order valence-electron chi connectivity index (χ2n) is 8.77. The first-order valence-corrected chi connectivity index (χ1v) is 10.0. The van der Waals surface area contributed by atoms with Gasteiger partial charge in [0.1, 0.15) is 0 Å². The number of aromatic nitrogens is 2. The van der Waals surface area contributed by atoms with Crippen molar-refractivity contribution >= 4 is 6.03 Å². The summed E-state index contributed by atoms with van der Waals surface area (Å²) < 4.78 is 7.24. The largest absolute Gasteiger partial charge is 0.376 e. The van der Waals surface area contributed by atoms with Crippen molar-refractivity contribution in [1.82, 2.24) is 19.8 Å². The molecular weight excluding hydrogens is 344 g/mol. The van der Waals surface area contributed by atoms with Gasteiger partial charge in [0.15, 0.2) is 0 Å². The molecule has 0 radical (unpaired) electrons. The molecule has 1 N–H and O–H groups in total. The van der Waals surface area contributed by atoms with E-state index in [0.29, 0.717) is 19.0 Å². The van der Waals surface area contributed by atoms with E-state index in [9.17, 15) is 9.59 Å². The maximum atomic E-state index is 12.4. The van der Waals surface area contributed by atoms with Gasteiger partial charge in [-0.25, -0.2) is 9.78 Å². The van der Waals surface area contributed by atoms with Crippen LogP contribution in [0.5, 0.6) is 0 Å². The van der Waals surface area contributed by atoms with Crippen LogP contribution in [0.2, 0.25) is 0 Å². The second kappa shape index (κ2) is 8.42. The highest BCUT2D eigenvalue weighted by molar-refractivity contribution is 5.74. The third-order valence-electron chi connectivity index (χ3n) is 5.51. The van der Waals surface area contributed by atoms with Crippen molar-refractivity contribution in [2.45, 2.75) is 64.5 Å². The third-order valence-corrected chi connectivity index (χ3v) is 5.51. The summed E-state index contributed by atoms with van der Waals surface area (Å²) in [6.45, 7) is 9.68. The normalized spacial score (nSPS) is 21.4. The average Bonchev–Trinajstić information content (AvgIpc) is 3.15. The number of carbonyl (C=O) groups is 1. The van der Waals surface area contributed by atoms with Gasteiger partial charge in [-0.3, -0.25) is 9.36 Å². The molecule has 3 heterocycles. The lowest BCUT2D eigenvalue weighted by Gasteiger charge is -2.32. The Kier molecular flexibility index (Phi) is 6.19. The van der Waals surface area contributed by atoms with E-state index in [4.69, 9.17) is 4.74 Å². The van der Waals surface area contributed by atoms with Crippen LogP contribution in [0.3, 0.4) is 0 Å². The van der Waals surface area contributed by atoms with Crippen molar-refractivity contribution in [1.29, 1.82) is 0 Å². The quantitative estimate of drug-likeness (QED) is 0.873. The summed E-state index contributed by atoms with van der Waals surface area (Å²) in [6, 6.07) is 1.64. The van der Waals surface area contributed by atoms with Crippen molar-refractivity contribution in [3.63, 3.8) is 0 Å². The molecule has 3 rings (SSSR count). The van der Waals surface area contributed by atoms with E-state index < -0.39 is 0 Å². The molecule has 7 nitrogen and oxygen atoms in total. The van der Waals surface area contributed by atoms with Crippen LogP contribution in [0.15, 0.2) is 17.2 Å². The number of amides is 2. The molecule has 1 unspecified atom stereocenters. The molecular formula is C20H32N4O3. The van der Waals surface area contributed by atoms with Gasteiger partial charge in [-0.2, -0.15) is 0 Å². The lowest BCUT2D eigenvalue weighted by atomic mass is 9.92. The molecule has 0 bridgehead atoms. The molecule has 150 valence electrons. The molecule has 0 aliphatic carbocycles. The van der Waals surface area contributed by atoms with E-state index in [1.165, 1.54) is 0 Å². The Balaban J connectivity index is 1.46. The van der Waals surface area contributed by atoms with Crippen LogP contribution >= 0.6 is 0 Å². The minimum atomic E-state index is -0.125. The molecule has 1 aromatic rings. The van der Waals surface area contributed by atoms with Crippen molar-refractivity contribution in [3.8, 4) is 0 Å². The molecule has 0 spiro atoms. The number of likely N-dealkylation sites (tertiary alicyclic amines) is 1. The van der Waals surface area contributed by atoms with Crippen molar-refractivity contribution in [2.24, 2.45) is 5.92 Å². The SMILES string of the molecule is CC(C)(C)c1cc(=O)n(CC2CCN(C(=O)NCC3CCCO3)CC2)cn1. The molecule has 2 aliphatic rings. The Morgan fingerprint density at radius 3 is 2.63 bits per heavy atom. The number of piperidine rings is 1. The number of nitrogens with zero attached hydrogens (tertiary/aromatic N) is 3. The van der Waals surface area contributed by atoms with Crippen molar-refractivity contribution in [2.75, 3.05) is 26.2 Å². The van der Waals surface area contributed by atoms with E-state index in [1.54, 1.807) is 17.0 Å². The third kappa shape index (κ3) is 5.31. The second-order valence-corrected chi connectivity index (χ2v) is 8.77. The van der Waals surface area contributed by atoms with E-state index in [2.05, 4.69) is 31.1 Å². The van der Waals surface area contributed by atoms with E-state index >= 15 is 0 Å². The molecule has 2 fully saturated rings. The molecule has 2 aliphatic heterocycles. The monoisotopic (exact) mass is 376 g/mol.